The molecule has 0 atom stereocenters. The summed E-state index contributed by atoms with van der Waals surface area (Å²) < 4.78 is 0. The molecule has 5 nitrogen and oxygen atoms in total. The van der Waals surface area contributed by atoms with Gasteiger partial charge in [0.05, 0.1) is 16.7 Å². The fourth-order valence-electron chi connectivity index (χ4n) is 3.57. The van der Waals surface area contributed by atoms with Gasteiger partial charge in [-0.05, 0) is 53.2 Å². The molecule has 2 aromatic heterocycles. The summed E-state index contributed by atoms with van der Waals surface area (Å²) in [6, 6.07) is 28.6. The summed E-state index contributed by atoms with van der Waals surface area (Å²) in [7, 11) is 0. The maximum absolute atomic E-state index is 4.69. The Labute approximate surface area is 160 Å². The van der Waals surface area contributed by atoms with E-state index < -0.39 is 0 Å². The van der Waals surface area contributed by atoms with Crippen molar-refractivity contribution in [1.82, 2.24) is 25.0 Å². The molecule has 0 fully saturated rings. The molecular formula is C23H15N5. The second-order valence-corrected chi connectivity index (χ2v) is 6.83. The molecule has 0 saturated heterocycles. The standard InChI is InChI=1S/C23H15N5/c1-2-6-16-13-18(11-9-15(16)5-1)28-26-21-12-10-17(14-22(21)27-28)23-24-19-7-3-4-8-20(19)25-23/h1-14H,(H,24,25). The summed E-state index contributed by atoms with van der Waals surface area (Å²) >= 11 is 0. The first-order valence-corrected chi connectivity index (χ1v) is 9.15. The maximum Gasteiger partial charge on any atom is 0.138 e. The highest BCUT2D eigenvalue weighted by Crippen LogP contribution is 2.24. The van der Waals surface area contributed by atoms with Gasteiger partial charge in [-0.2, -0.15) is 4.80 Å². The predicted octanol–water partition coefficient (Wildman–Crippen LogP) is 5.12. The number of fused-ring (bicyclic) bond motifs is 3. The van der Waals surface area contributed by atoms with Gasteiger partial charge in [-0.3, -0.25) is 0 Å². The highest BCUT2D eigenvalue weighted by atomic mass is 15.5. The van der Waals surface area contributed by atoms with E-state index in [-0.39, 0.29) is 0 Å². The van der Waals surface area contributed by atoms with E-state index in [1.807, 2.05) is 60.7 Å². The van der Waals surface area contributed by atoms with Crippen LogP contribution in [0.4, 0.5) is 0 Å². The summed E-state index contributed by atoms with van der Waals surface area (Å²) in [5.74, 6) is 0.836. The third-order valence-electron chi connectivity index (χ3n) is 5.01. The fraction of sp³-hybridized carbons (Fsp3) is 0. The molecule has 0 saturated carbocycles. The number of hydrogen-bond donors (Lipinski definition) is 1. The maximum atomic E-state index is 4.69. The van der Waals surface area contributed by atoms with Crippen molar-refractivity contribution in [2.75, 3.05) is 0 Å². The molecule has 4 aromatic carbocycles. The third-order valence-corrected chi connectivity index (χ3v) is 5.01. The first kappa shape index (κ1) is 15.1. The zero-order valence-electron chi connectivity index (χ0n) is 14.9. The SMILES string of the molecule is c1ccc2cc(-n3nc4ccc(-c5nc6ccccc6[nH]5)cc4n3)ccc2c1. The number of H-pyrrole nitrogens is 1. The highest BCUT2D eigenvalue weighted by molar-refractivity contribution is 5.85. The van der Waals surface area contributed by atoms with Crippen LogP contribution in [0.25, 0.3) is 49.9 Å². The van der Waals surface area contributed by atoms with Gasteiger partial charge in [-0.25, -0.2) is 4.98 Å². The quantitative estimate of drug-likeness (QED) is 0.466. The lowest BCUT2D eigenvalue weighted by Gasteiger charge is -2.01. The molecular weight excluding hydrogens is 346 g/mol. The van der Waals surface area contributed by atoms with Crippen LogP contribution in [-0.4, -0.2) is 25.0 Å². The smallest absolute Gasteiger partial charge is 0.138 e. The van der Waals surface area contributed by atoms with E-state index in [0.717, 1.165) is 39.1 Å². The second-order valence-electron chi connectivity index (χ2n) is 6.83. The number of rotatable bonds is 2. The summed E-state index contributed by atoms with van der Waals surface area (Å²) in [6.07, 6.45) is 0. The molecule has 0 unspecified atom stereocenters. The van der Waals surface area contributed by atoms with Crippen LogP contribution < -0.4 is 0 Å². The molecule has 2 heterocycles. The number of nitrogens with zero attached hydrogens (tertiary/aromatic N) is 4. The largest absolute Gasteiger partial charge is 0.338 e. The van der Waals surface area contributed by atoms with Crippen molar-refractivity contribution < 1.29 is 0 Å². The number of para-hydroxylation sites is 2. The van der Waals surface area contributed by atoms with E-state index in [1.165, 1.54) is 10.8 Å². The Kier molecular flexibility index (Phi) is 3.10. The number of imidazole rings is 1. The molecule has 0 aliphatic heterocycles. The van der Waals surface area contributed by atoms with Gasteiger partial charge in [-0.1, -0.05) is 42.5 Å². The van der Waals surface area contributed by atoms with Gasteiger partial charge in [0.15, 0.2) is 0 Å². The average molecular weight is 361 g/mol. The fourth-order valence-corrected chi connectivity index (χ4v) is 3.57. The Hall–Kier alpha value is -3.99. The molecule has 0 spiro atoms. The Morgan fingerprint density at radius 1 is 0.643 bits per heavy atom. The van der Waals surface area contributed by atoms with E-state index in [9.17, 15) is 0 Å². The van der Waals surface area contributed by atoms with Gasteiger partial charge in [-0.15, -0.1) is 10.2 Å². The molecule has 28 heavy (non-hydrogen) atoms. The minimum absolute atomic E-state index is 0.836. The first-order valence-electron chi connectivity index (χ1n) is 9.15. The van der Waals surface area contributed by atoms with Crippen LogP contribution >= 0.6 is 0 Å². The molecule has 0 amide bonds. The van der Waals surface area contributed by atoms with Crippen LogP contribution in [0.2, 0.25) is 0 Å². The Balaban J connectivity index is 1.45. The number of nitrogens with one attached hydrogen (secondary N) is 1. The van der Waals surface area contributed by atoms with Gasteiger partial charge in [0.25, 0.3) is 0 Å². The predicted molar refractivity (Wildman–Crippen MR) is 111 cm³/mol. The minimum Gasteiger partial charge on any atom is -0.338 e. The lowest BCUT2D eigenvalue weighted by molar-refractivity contribution is 0.767. The number of benzene rings is 4. The van der Waals surface area contributed by atoms with Crippen molar-refractivity contribution in [3.05, 3.63) is 84.9 Å². The number of aromatic amines is 1. The average Bonchev–Trinajstić information content (AvgIpc) is 3.37. The van der Waals surface area contributed by atoms with Crippen LogP contribution in [0.1, 0.15) is 0 Å². The van der Waals surface area contributed by atoms with E-state index >= 15 is 0 Å². The molecule has 0 bridgehead atoms. The van der Waals surface area contributed by atoms with Crippen molar-refractivity contribution in [1.29, 1.82) is 0 Å². The highest BCUT2D eigenvalue weighted by Gasteiger charge is 2.10. The monoisotopic (exact) mass is 361 g/mol. The molecule has 5 heteroatoms. The van der Waals surface area contributed by atoms with Crippen molar-refractivity contribution in [2.24, 2.45) is 0 Å². The van der Waals surface area contributed by atoms with Crippen molar-refractivity contribution in [3.8, 4) is 17.1 Å². The van der Waals surface area contributed by atoms with Crippen molar-refractivity contribution in [3.63, 3.8) is 0 Å². The van der Waals surface area contributed by atoms with Crippen LogP contribution in [0.15, 0.2) is 84.9 Å². The van der Waals surface area contributed by atoms with Gasteiger partial charge in [0.1, 0.15) is 16.9 Å². The molecule has 0 aliphatic rings. The normalized spacial score (nSPS) is 11.6. The molecule has 132 valence electrons. The van der Waals surface area contributed by atoms with E-state index in [2.05, 4.69) is 39.3 Å². The lowest BCUT2D eigenvalue weighted by Crippen LogP contribution is -1.97. The van der Waals surface area contributed by atoms with Crippen molar-refractivity contribution >= 4 is 32.8 Å². The Morgan fingerprint density at radius 3 is 2.39 bits per heavy atom. The van der Waals surface area contributed by atoms with Gasteiger partial charge < -0.3 is 4.98 Å². The van der Waals surface area contributed by atoms with Crippen molar-refractivity contribution in [2.45, 2.75) is 0 Å². The molecule has 6 aromatic rings. The summed E-state index contributed by atoms with van der Waals surface area (Å²) in [4.78, 5) is 9.74. The van der Waals surface area contributed by atoms with Gasteiger partial charge in [0.2, 0.25) is 0 Å². The third kappa shape index (κ3) is 2.37. The van der Waals surface area contributed by atoms with Crippen LogP contribution in [0, 0.1) is 0 Å². The molecule has 1 N–H and O–H groups in total. The number of aromatic nitrogens is 5. The van der Waals surface area contributed by atoms with Gasteiger partial charge >= 0.3 is 0 Å². The topological polar surface area (TPSA) is 59.4 Å². The summed E-state index contributed by atoms with van der Waals surface area (Å²) in [6.45, 7) is 0. The van der Waals surface area contributed by atoms with Crippen LogP contribution in [-0.2, 0) is 0 Å². The lowest BCUT2D eigenvalue weighted by atomic mass is 10.1. The van der Waals surface area contributed by atoms with E-state index in [1.54, 1.807) is 4.80 Å². The Morgan fingerprint density at radius 2 is 1.46 bits per heavy atom. The Bertz CT molecular complexity index is 1440. The molecule has 0 aliphatic carbocycles. The molecule has 0 radical (unpaired) electrons. The van der Waals surface area contributed by atoms with Gasteiger partial charge in [0, 0.05) is 5.56 Å². The van der Waals surface area contributed by atoms with E-state index in [4.69, 9.17) is 5.10 Å². The zero-order valence-corrected chi connectivity index (χ0v) is 14.9. The first-order chi connectivity index (χ1) is 13.8. The van der Waals surface area contributed by atoms with Crippen LogP contribution in [0.5, 0.6) is 0 Å². The van der Waals surface area contributed by atoms with E-state index in [0.29, 0.717) is 0 Å². The summed E-state index contributed by atoms with van der Waals surface area (Å²) in [5, 5.41) is 11.7. The van der Waals surface area contributed by atoms with Crippen LogP contribution in [0.3, 0.4) is 0 Å². The zero-order chi connectivity index (χ0) is 18.5. The number of hydrogen-bond acceptors (Lipinski definition) is 3. The second kappa shape index (κ2) is 5.76. The summed E-state index contributed by atoms with van der Waals surface area (Å²) in [5.41, 5.74) is 5.61. The minimum atomic E-state index is 0.836. The molecule has 6 rings (SSSR count).